The molecule has 0 saturated heterocycles. The van der Waals surface area contributed by atoms with Crippen LogP contribution in [-0.2, 0) is 0 Å². The van der Waals surface area contributed by atoms with E-state index in [1.54, 1.807) is 0 Å². The molecule has 0 nitrogen and oxygen atoms in total. The van der Waals surface area contributed by atoms with Crippen molar-refractivity contribution in [3.63, 3.8) is 0 Å². The summed E-state index contributed by atoms with van der Waals surface area (Å²) >= 11 is 0. The third-order valence-electron chi connectivity index (χ3n) is 5.76. The molecular weight excluding hydrogens is 252 g/mol. The summed E-state index contributed by atoms with van der Waals surface area (Å²) in [5, 5.41) is 0. The number of unbranched alkanes of at least 4 members (excludes halogenated alkanes) is 2. The van der Waals surface area contributed by atoms with Crippen LogP contribution in [0.15, 0.2) is 0 Å². The Kier molecular flexibility index (Phi) is 13.6. The van der Waals surface area contributed by atoms with Gasteiger partial charge in [-0.2, -0.15) is 0 Å². The molecule has 0 bridgehead atoms. The fourth-order valence-corrected chi connectivity index (χ4v) is 3.91. The third-order valence-corrected chi connectivity index (χ3v) is 5.76. The van der Waals surface area contributed by atoms with Crippen LogP contribution in [0.4, 0.5) is 0 Å². The molecule has 0 heterocycles. The summed E-state index contributed by atoms with van der Waals surface area (Å²) in [7, 11) is 0. The van der Waals surface area contributed by atoms with Gasteiger partial charge in [0.1, 0.15) is 0 Å². The molecule has 0 rings (SSSR count). The summed E-state index contributed by atoms with van der Waals surface area (Å²) in [5.41, 5.74) is 0. The molecule has 0 aliphatic rings. The molecule has 0 aromatic heterocycles. The van der Waals surface area contributed by atoms with E-state index in [1.807, 2.05) is 0 Å². The van der Waals surface area contributed by atoms with Crippen molar-refractivity contribution in [3.05, 3.63) is 0 Å². The molecule has 0 amide bonds. The first-order chi connectivity index (χ1) is 10.1. The summed E-state index contributed by atoms with van der Waals surface area (Å²) in [4.78, 5) is 0. The summed E-state index contributed by atoms with van der Waals surface area (Å²) in [6, 6.07) is 0. The van der Waals surface area contributed by atoms with Gasteiger partial charge in [0.15, 0.2) is 0 Å². The van der Waals surface area contributed by atoms with E-state index in [9.17, 15) is 0 Å². The zero-order valence-electron chi connectivity index (χ0n) is 16.1. The van der Waals surface area contributed by atoms with Crippen molar-refractivity contribution in [2.75, 3.05) is 0 Å². The Labute approximate surface area is 136 Å². The summed E-state index contributed by atoms with van der Waals surface area (Å²) in [6.45, 7) is 14.4. The highest BCUT2D eigenvalue weighted by Gasteiger charge is 2.22. The lowest BCUT2D eigenvalue weighted by Gasteiger charge is -2.29. The van der Waals surface area contributed by atoms with Crippen molar-refractivity contribution in [2.24, 2.45) is 23.7 Å². The van der Waals surface area contributed by atoms with E-state index < -0.39 is 0 Å². The number of hydrogen-bond donors (Lipinski definition) is 0. The molecule has 0 heteroatoms. The van der Waals surface area contributed by atoms with Crippen LogP contribution in [0.3, 0.4) is 0 Å². The van der Waals surface area contributed by atoms with Crippen LogP contribution in [0, 0.1) is 23.7 Å². The smallest absolute Gasteiger partial charge is 0.0388 e. The fourth-order valence-electron chi connectivity index (χ4n) is 3.91. The molecule has 21 heavy (non-hydrogen) atoms. The van der Waals surface area contributed by atoms with Gasteiger partial charge in [-0.3, -0.25) is 0 Å². The Balaban J connectivity index is 4.33. The maximum Gasteiger partial charge on any atom is -0.0388 e. The molecule has 0 aliphatic carbocycles. The van der Waals surface area contributed by atoms with E-state index in [0.717, 1.165) is 23.7 Å². The zero-order valence-corrected chi connectivity index (χ0v) is 16.1. The van der Waals surface area contributed by atoms with Gasteiger partial charge in [0.25, 0.3) is 0 Å². The predicted octanol–water partition coefficient (Wildman–Crippen LogP) is 7.86. The normalized spacial score (nSPS) is 17.4. The Morgan fingerprint density at radius 1 is 0.619 bits per heavy atom. The van der Waals surface area contributed by atoms with Gasteiger partial charge in [-0.05, 0) is 36.5 Å². The molecular formula is C21H44. The van der Waals surface area contributed by atoms with Crippen LogP contribution >= 0.6 is 0 Å². The van der Waals surface area contributed by atoms with E-state index in [4.69, 9.17) is 0 Å². The minimum Gasteiger partial charge on any atom is -0.0654 e. The van der Waals surface area contributed by atoms with Gasteiger partial charge in [-0.25, -0.2) is 0 Å². The van der Waals surface area contributed by atoms with Gasteiger partial charge in [0.05, 0.1) is 0 Å². The molecule has 128 valence electrons. The summed E-state index contributed by atoms with van der Waals surface area (Å²) < 4.78 is 0. The Morgan fingerprint density at radius 2 is 1.10 bits per heavy atom. The van der Waals surface area contributed by atoms with Crippen LogP contribution < -0.4 is 0 Å². The van der Waals surface area contributed by atoms with E-state index in [0.29, 0.717) is 0 Å². The van der Waals surface area contributed by atoms with E-state index in [1.165, 1.54) is 70.6 Å². The molecule has 0 aliphatic heterocycles. The molecule has 0 N–H and O–H groups in total. The average molecular weight is 297 g/mol. The first-order valence-electron chi connectivity index (χ1n) is 10.1. The molecule has 0 saturated carbocycles. The monoisotopic (exact) mass is 296 g/mol. The van der Waals surface area contributed by atoms with Crippen LogP contribution in [0.2, 0.25) is 0 Å². The fraction of sp³-hybridized carbons (Fsp3) is 1.00. The van der Waals surface area contributed by atoms with Gasteiger partial charge in [-0.1, -0.05) is 99.3 Å². The van der Waals surface area contributed by atoms with Gasteiger partial charge < -0.3 is 0 Å². The lowest BCUT2D eigenvalue weighted by atomic mass is 9.76. The predicted molar refractivity (Wildman–Crippen MR) is 98.8 cm³/mol. The van der Waals surface area contributed by atoms with Crippen molar-refractivity contribution in [1.82, 2.24) is 0 Å². The van der Waals surface area contributed by atoms with Crippen LogP contribution in [-0.4, -0.2) is 0 Å². The van der Waals surface area contributed by atoms with Crippen molar-refractivity contribution in [1.29, 1.82) is 0 Å². The van der Waals surface area contributed by atoms with Crippen LogP contribution in [0.25, 0.3) is 0 Å². The molecule has 4 atom stereocenters. The number of hydrogen-bond acceptors (Lipinski definition) is 0. The second kappa shape index (κ2) is 13.6. The SMILES string of the molecule is CCCCC(CC)CC(C)C(CC)CC(CC)CCCC. The lowest BCUT2D eigenvalue weighted by molar-refractivity contribution is 0.216. The standard InChI is InChI=1S/C21H44/c1-7-12-14-19(9-3)16-18(6)21(11-5)17-20(10-4)15-13-8-2/h18-21H,7-17H2,1-6H3. The summed E-state index contributed by atoms with van der Waals surface area (Å²) in [6.07, 6.45) is 15.6. The Hall–Kier alpha value is 0. The average Bonchev–Trinajstić information content (AvgIpc) is 2.51. The maximum atomic E-state index is 2.54. The maximum absolute atomic E-state index is 2.54. The minimum atomic E-state index is 0.924. The molecule has 0 aromatic rings. The molecule has 4 unspecified atom stereocenters. The highest BCUT2D eigenvalue weighted by Crippen LogP contribution is 2.33. The second-order valence-electron chi connectivity index (χ2n) is 7.45. The van der Waals surface area contributed by atoms with E-state index in [2.05, 4.69) is 41.5 Å². The Morgan fingerprint density at radius 3 is 1.48 bits per heavy atom. The van der Waals surface area contributed by atoms with Crippen LogP contribution in [0.1, 0.15) is 112 Å². The minimum absolute atomic E-state index is 0.924. The lowest BCUT2D eigenvalue weighted by Crippen LogP contribution is -2.18. The van der Waals surface area contributed by atoms with Gasteiger partial charge >= 0.3 is 0 Å². The van der Waals surface area contributed by atoms with E-state index in [-0.39, 0.29) is 0 Å². The first kappa shape index (κ1) is 21.0. The molecule has 0 fully saturated rings. The van der Waals surface area contributed by atoms with E-state index >= 15 is 0 Å². The van der Waals surface area contributed by atoms with Crippen LogP contribution in [0.5, 0.6) is 0 Å². The topological polar surface area (TPSA) is 0 Å². The van der Waals surface area contributed by atoms with Crippen molar-refractivity contribution >= 4 is 0 Å². The Bertz CT molecular complexity index is 208. The van der Waals surface area contributed by atoms with Gasteiger partial charge in [0.2, 0.25) is 0 Å². The van der Waals surface area contributed by atoms with Crippen molar-refractivity contribution < 1.29 is 0 Å². The quantitative estimate of drug-likeness (QED) is 0.306. The zero-order chi connectivity index (χ0) is 16.1. The first-order valence-corrected chi connectivity index (χ1v) is 10.1. The summed E-state index contributed by atoms with van der Waals surface area (Å²) in [5.74, 6) is 3.84. The van der Waals surface area contributed by atoms with Gasteiger partial charge in [-0.15, -0.1) is 0 Å². The highest BCUT2D eigenvalue weighted by atomic mass is 14.3. The van der Waals surface area contributed by atoms with Gasteiger partial charge in [0, 0.05) is 0 Å². The molecule has 0 spiro atoms. The third kappa shape index (κ3) is 9.59. The number of rotatable bonds is 14. The highest BCUT2D eigenvalue weighted by molar-refractivity contribution is 4.73. The largest absolute Gasteiger partial charge is 0.0654 e. The van der Waals surface area contributed by atoms with Crippen molar-refractivity contribution in [2.45, 2.75) is 112 Å². The second-order valence-corrected chi connectivity index (χ2v) is 7.45. The van der Waals surface area contributed by atoms with Crippen molar-refractivity contribution in [3.8, 4) is 0 Å². The molecule has 0 aromatic carbocycles. The molecule has 0 radical (unpaired) electrons.